The number of hydrogen-bond acceptors (Lipinski definition) is 2. The van der Waals surface area contributed by atoms with Crippen molar-refractivity contribution in [2.75, 3.05) is 13.1 Å². The second kappa shape index (κ2) is 7.63. The molecule has 1 atom stereocenters. The van der Waals surface area contributed by atoms with E-state index >= 15 is 0 Å². The van der Waals surface area contributed by atoms with Crippen LogP contribution in [0.5, 0.6) is 0 Å². The van der Waals surface area contributed by atoms with Gasteiger partial charge in [-0.1, -0.05) is 36.8 Å². The number of aliphatic imine (C=N–C) groups is 1. The fourth-order valence-electron chi connectivity index (χ4n) is 2.92. The summed E-state index contributed by atoms with van der Waals surface area (Å²) in [5, 5.41) is 3.23. The lowest BCUT2D eigenvalue weighted by Crippen LogP contribution is -2.46. The lowest BCUT2D eigenvalue weighted by molar-refractivity contribution is 0.145. The van der Waals surface area contributed by atoms with Gasteiger partial charge in [0.1, 0.15) is 0 Å². The molecule has 22 heavy (non-hydrogen) atoms. The summed E-state index contributed by atoms with van der Waals surface area (Å²) in [4.78, 5) is 7.12. The van der Waals surface area contributed by atoms with Gasteiger partial charge in [-0.25, -0.2) is 0 Å². The van der Waals surface area contributed by atoms with Crippen LogP contribution in [0.25, 0.3) is 0 Å². The Bertz CT molecular complexity index is 476. The summed E-state index contributed by atoms with van der Waals surface area (Å²) in [6, 6.07) is 11.2. The number of likely N-dealkylation sites (tertiary alicyclic amines) is 1. The average molecular weight is 302 g/mol. The molecule has 0 spiro atoms. The van der Waals surface area contributed by atoms with Gasteiger partial charge in [0.25, 0.3) is 0 Å². The van der Waals surface area contributed by atoms with Crippen LogP contribution in [0.15, 0.2) is 35.3 Å². The summed E-state index contributed by atoms with van der Waals surface area (Å²) in [5.74, 6) is 0.553. The Balaban J connectivity index is 1.93. The molecule has 0 saturated carbocycles. The summed E-state index contributed by atoms with van der Waals surface area (Å²) in [5.41, 5.74) is 7.33. The predicted octanol–water partition coefficient (Wildman–Crippen LogP) is 2.74. The summed E-state index contributed by atoms with van der Waals surface area (Å²) in [6.45, 7) is 9.23. The molecule has 0 radical (unpaired) electrons. The largest absolute Gasteiger partial charge is 0.370 e. The van der Waals surface area contributed by atoms with Gasteiger partial charge in [0.05, 0.1) is 6.54 Å². The van der Waals surface area contributed by atoms with Crippen LogP contribution in [0.3, 0.4) is 0 Å². The second-order valence-electron chi connectivity index (χ2n) is 7.21. The first-order valence-electron chi connectivity index (χ1n) is 8.30. The number of nitrogens with one attached hydrogen (secondary N) is 1. The number of rotatable bonds is 4. The Labute approximate surface area is 134 Å². The molecule has 4 heteroatoms. The van der Waals surface area contributed by atoms with Gasteiger partial charge >= 0.3 is 0 Å². The molecule has 0 aliphatic carbocycles. The monoisotopic (exact) mass is 302 g/mol. The van der Waals surface area contributed by atoms with Crippen molar-refractivity contribution < 1.29 is 0 Å². The zero-order chi connectivity index (χ0) is 16.0. The van der Waals surface area contributed by atoms with Crippen LogP contribution in [0.4, 0.5) is 0 Å². The molecule has 1 fully saturated rings. The molecule has 0 amide bonds. The Kier molecular flexibility index (Phi) is 5.83. The van der Waals surface area contributed by atoms with Crippen LogP contribution in [0, 0.1) is 0 Å². The molecule has 1 saturated heterocycles. The third-order valence-electron chi connectivity index (χ3n) is 3.95. The SMILES string of the molecule is CC(C)(C)NC(N)=NCC1CCCCN1Cc1ccccc1. The summed E-state index contributed by atoms with van der Waals surface area (Å²) >= 11 is 0. The van der Waals surface area contributed by atoms with Crippen LogP contribution in [-0.4, -0.2) is 35.5 Å². The summed E-state index contributed by atoms with van der Waals surface area (Å²) in [7, 11) is 0. The maximum atomic E-state index is 6.00. The molecular weight excluding hydrogens is 272 g/mol. The second-order valence-corrected chi connectivity index (χ2v) is 7.21. The first kappa shape index (κ1) is 16.8. The zero-order valence-corrected chi connectivity index (χ0v) is 14.2. The molecule has 0 aromatic heterocycles. The molecule has 2 rings (SSSR count). The van der Waals surface area contributed by atoms with E-state index in [0.717, 1.165) is 19.6 Å². The van der Waals surface area contributed by atoms with Gasteiger partial charge in [0.2, 0.25) is 0 Å². The third kappa shape index (κ3) is 5.68. The smallest absolute Gasteiger partial charge is 0.189 e. The fraction of sp³-hybridized carbons (Fsp3) is 0.611. The van der Waals surface area contributed by atoms with E-state index in [1.54, 1.807) is 0 Å². The van der Waals surface area contributed by atoms with Gasteiger partial charge in [0.15, 0.2) is 5.96 Å². The van der Waals surface area contributed by atoms with Crippen molar-refractivity contribution in [3.8, 4) is 0 Å². The van der Waals surface area contributed by atoms with Crippen LogP contribution in [0.2, 0.25) is 0 Å². The quantitative estimate of drug-likeness (QED) is 0.664. The fourth-order valence-corrected chi connectivity index (χ4v) is 2.92. The number of hydrogen-bond donors (Lipinski definition) is 2. The van der Waals surface area contributed by atoms with Crippen molar-refractivity contribution in [2.24, 2.45) is 10.7 Å². The molecule has 1 aliphatic rings. The van der Waals surface area contributed by atoms with Crippen molar-refractivity contribution >= 4 is 5.96 Å². The van der Waals surface area contributed by atoms with Gasteiger partial charge in [-0.05, 0) is 45.7 Å². The van der Waals surface area contributed by atoms with E-state index in [4.69, 9.17) is 5.73 Å². The van der Waals surface area contributed by atoms with E-state index in [1.165, 1.54) is 24.8 Å². The minimum atomic E-state index is -0.0378. The highest BCUT2D eigenvalue weighted by molar-refractivity contribution is 5.78. The van der Waals surface area contributed by atoms with Crippen molar-refractivity contribution in [3.05, 3.63) is 35.9 Å². The normalized spacial score (nSPS) is 20.9. The number of guanidine groups is 1. The van der Waals surface area contributed by atoms with E-state index in [-0.39, 0.29) is 5.54 Å². The number of nitrogens with zero attached hydrogens (tertiary/aromatic N) is 2. The number of benzene rings is 1. The Morgan fingerprint density at radius 3 is 2.68 bits per heavy atom. The highest BCUT2D eigenvalue weighted by atomic mass is 15.2. The van der Waals surface area contributed by atoms with E-state index in [9.17, 15) is 0 Å². The minimum Gasteiger partial charge on any atom is -0.370 e. The molecule has 1 aromatic carbocycles. The molecule has 4 nitrogen and oxygen atoms in total. The summed E-state index contributed by atoms with van der Waals surface area (Å²) < 4.78 is 0. The van der Waals surface area contributed by atoms with Crippen molar-refractivity contribution in [3.63, 3.8) is 0 Å². The highest BCUT2D eigenvalue weighted by Gasteiger charge is 2.22. The lowest BCUT2D eigenvalue weighted by Gasteiger charge is -2.35. The third-order valence-corrected chi connectivity index (χ3v) is 3.95. The first-order chi connectivity index (χ1) is 10.4. The number of nitrogens with two attached hydrogens (primary N) is 1. The van der Waals surface area contributed by atoms with Gasteiger partial charge in [-0.2, -0.15) is 0 Å². The molecule has 3 N–H and O–H groups in total. The Morgan fingerprint density at radius 2 is 2.00 bits per heavy atom. The molecule has 1 aliphatic heterocycles. The minimum absolute atomic E-state index is 0.0378. The molecular formula is C18H30N4. The van der Waals surface area contributed by atoms with Crippen molar-refractivity contribution in [2.45, 2.75) is 58.2 Å². The van der Waals surface area contributed by atoms with E-state index < -0.39 is 0 Å². The predicted molar refractivity (Wildman–Crippen MR) is 93.9 cm³/mol. The van der Waals surface area contributed by atoms with Gasteiger partial charge < -0.3 is 11.1 Å². The highest BCUT2D eigenvalue weighted by Crippen LogP contribution is 2.20. The maximum absolute atomic E-state index is 6.00. The maximum Gasteiger partial charge on any atom is 0.189 e. The summed E-state index contributed by atoms with van der Waals surface area (Å²) in [6.07, 6.45) is 3.78. The van der Waals surface area contributed by atoms with Crippen LogP contribution >= 0.6 is 0 Å². The van der Waals surface area contributed by atoms with E-state index in [1.807, 2.05) is 0 Å². The van der Waals surface area contributed by atoms with Crippen molar-refractivity contribution in [1.82, 2.24) is 10.2 Å². The van der Waals surface area contributed by atoms with Crippen LogP contribution in [-0.2, 0) is 6.54 Å². The van der Waals surface area contributed by atoms with Gasteiger partial charge in [-0.3, -0.25) is 9.89 Å². The van der Waals surface area contributed by atoms with Crippen LogP contribution in [0.1, 0.15) is 45.6 Å². The lowest BCUT2D eigenvalue weighted by atomic mass is 10.0. The molecule has 1 aromatic rings. The van der Waals surface area contributed by atoms with Gasteiger partial charge in [-0.15, -0.1) is 0 Å². The molecule has 122 valence electrons. The van der Waals surface area contributed by atoms with Gasteiger partial charge in [0, 0.05) is 18.1 Å². The van der Waals surface area contributed by atoms with Crippen LogP contribution < -0.4 is 11.1 Å². The average Bonchev–Trinajstić information content (AvgIpc) is 2.46. The topological polar surface area (TPSA) is 53.6 Å². The zero-order valence-electron chi connectivity index (χ0n) is 14.2. The van der Waals surface area contributed by atoms with Crippen molar-refractivity contribution in [1.29, 1.82) is 0 Å². The molecule has 0 bridgehead atoms. The first-order valence-corrected chi connectivity index (χ1v) is 8.30. The van der Waals surface area contributed by atoms with E-state index in [0.29, 0.717) is 12.0 Å². The standard InChI is InChI=1S/C18H30N4/c1-18(2,3)21-17(19)20-13-16-11-7-8-12-22(16)14-15-9-5-4-6-10-15/h4-6,9-10,16H,7-8,11-14H2,1-3H3,(H3,19,20,21). The number of piperidine rings is 1. The van der Waals surface area contributed by atoms with E-state index in [2.05, 4.69) is 66.3 Å². The Morgan fingerprint density at radius 1 is 1.27 bits per heavy atom. The molecule has 1 heterocycles. The Hall–Kier alpha value is -1.55. The molecule has 1 unspecified atom stereocenters.